The van der Waals surface area contributed by atoms with E-state index in [0.29, 0.717) is 16.6 Å². The molecule has 0 aliphatic rings. The lowest BCUT2D eigenvalue weighted by atomic mass is 10.2. The second-order valence-corrected chi connectivity index (χ2v) is 2.98. The molecule has 1 aromatic heterocycles. The van der Waals surface area contributed by atoms with Gasteiger partial charge in [0.05, 0.1) is 5.39 Å². The van der Waals surface area contributed by atoms with Gasteiger partial charge >= 0.3 is 0 Å². The van der Waals surface area contributed by atoms with E-state index >= 15 is 0 Å². The molecule has 0 radical (unpaired) electrons. The molecule has 1 aromatic carbocycles. The fourth-order valence-corrected chi connectivity index (χ4v) is 1.39. The summed E-state index contributed by atoms with van der Waals surface area (Å²) in [5.74, 6) is 0.153. The highest BCUT2D eigenvalue weighted by Gasteiger charge is 2.10. The molecule has 0 saturated carbocycles. The summed E-state index contributed by atoms with van der Waals surface area (Å²) >= 11 is 0. The average Bonchev–Trinajstić information content (AvgIpc) is 2.15. The lowest BCUT2D eigenvalue weighted by molar-refractivity contribution is -0.584. The number of benzene rings is 1. The number of fused-ring (bicyclic) bond motifs is 1. The Bertz CT molecular complexity index is 466. The lowest BCUT2D eigenvalue weighted by Gasteiger charge is -2.05. The highest BCUT2D eigenvalue weighted by atomic mass is 16.5. The van der Waals surface area contributed by atoms with Crippen LogP contribution in [0.3, 0.4) is 0 Å². The van der Waals surface area contributed by atoms with Crippen LogP contribution < -0.4 is 4.73 Å². The first-order chi connectivity index (χ1) is 6.20. The Kier molecular flexibility index (Phi) is 1.59. The number of aryl methyl sites for hydroxylation is 1. The third-order valence-electron chi connectivity index (χ3n) is 2.06. The van der Waals surface area contributed by atoms with Crippen LogP contribution in [0.4, 0.5) is 0 Å². The fraction of sp³-hybridized carbons (Fsp3) is 0.100. The quantitative estimate of drug-likeness (QED) is 0.487. The second kappa shape index (κ2) is 2.62. The van der Waals surface area contributed by atoms with Crippen molar-refractivity contribution in [1.82, 2.24) is 0 Å². The smallest absolute Gasteiger partial charge is 0.227 e. The number of aromatic nitrogens is 1. The molecule has 3 heteroatoms. The van der Waals surface area contributed by atoms with Crippen molar-refractivity contribution in [3.05, 3.63) is 41.2 Å². The van der Waals surface area contributed by atoms with Crippen LogP contribution in [0.1, 0.15) is 5.69 Å². The van der Waals surface area contributed by atoms with Crippen molar-refractivity contribution < 1.29 is 9.84 Å². The van der Waals surface area contributed by atoms with Gasteiger partial charge in [-0.15, -0.1) is 0 Å². The van der Waals surface area contributed by atoms with E-state index < -0.39 is 0 Å². The minimum atomic E-state index is 0.153. The monoisotopic (exact) mass is 175 g/mol. The van der Waals surface area contributed by atoms with Gasteiger partial charge in [-0.05, 0) is 6.07 Å². The number of rotatable bonds is 0. The van der Waals surface area contributed by atoms with Crippen molar-refractivity contribution in [1.29, 1.82) is 0 Å². The number of para-hydroxylation sites is 1. The van der Waals surface area contributed by atoms with Crippen molar-refractivity contribution in [2.45, 2.75) is 6.92 Å². The molecule has 3 nitrogen and oxygen atoms in total. The molecule has 2 rings (SSSR count). The zero-order valence-electron chi connectivity index (χ0n) is 7.19. The molecule has 0 fully saturated rings. The molecular weight excluding hydrogens is 166 g/mol. The van der Waals surface area contributed by atoms with Gasteiger partial charge in [0, 0.05) is 19.1 Å². The van der Waals surface area contributed by atoms with Crippen LogP contribution in [-0.4, -0.2) is 5.11 Å². The third-order valence-corrected chi connectivity index (χ3v) is 2.06. The third kappa shape index (κ3) is 1.09. The molecule has 0 amide bonds. The van der Waals surface area contributed by atoms with Crippen molar-refractivity contribution in [2.24, 2.45) is 0 Å². The summed E-state index contributed by atoms with van der Waals surface area (Å²) in [4.78, 5) is 0. The van der Waals surface area contributed by atoms with Crippen molar-refractivity contribution in [3.63, 3.8) is 0 Å². The first-order valence-corrected chi connectivity index (χ1v) is 4.01. The SMILES string of the molecule is Cc1cc(O)c2ccccc2[n+]1[O-]. The van der Waals surface area contributed by atoms with E-state index in [0.717, 1.165) is 4.73 Å². The van der Waals surface area contributed by atoms with E-state index in [9.17, 15) is 10.3 Å². The summed E-state index contributed by atoms with van der Waals surface area (Å²) in [5.41, 5.74) is 0.996. The van der Waals surface area contributed by atoms with Gasteiger partial charge in [0.25, 0.3) is 0 Å². The topological polar surface area (TPSA) is 47.2 Å². The van der Waals surface area contributed by atoms with Crippen LogP contribution in [0.25, 0.3) is 10.9 Å². The highest BCUT2D eigenvalue weighted by molar-refractivity contribution is 5.82. The first kappa shape index (κ1) is 7.86. The molecule has 0 spiro atoms. The summed E-state index contributed by atoms with van der Waals surface area (Å²) in [6.07, 6.45) is 0. The van der Waals surface area contributed by atoms with Gasteiger partial charge in [-0.1, -0.05) is 12.1 Å². The van der Waals surface area contributed by atoms with Gasteiger partial charge < -0.3 is 10.3 Å². The minimum Gasteiger partial charge on any atom is -0.618 e. The Hall–Kier alpha value is -1.77. The van der Waals surface area contributed by atoms with E-state index in [1.165, 1.54) is 6.07 Å². The second-order valence-electron chi connectivity index (χ2n) is 2.98. The van der Waals surface area contributed by atoms with Crippen molar-refractivity contribution in [2.75, 3.05) is 0 Å². The maximum atomic E-state index is 11.5. The molecule has 0 atom stereocenters. The Labute approximate surface area is 75.5 Å². The zero-order valence-corrected chi connectivity index (χ0v) is 7.19. The zero-order chi connectivity index (χ0) is 9.42. The van der Waals surface area contributed by atoms with E-state index in [2.05, 4.69) is 0 Å². The fourth-order valence-electron chi connectivity index (χ4n) is 1.39. The maximum Gasteiger partial charge on any atom is 0.227 e. The number of hydrogen-bond donors (Lipinski definition) is 1. The Morgan fingerprint density at radius 3 is 2.77 bits per heavy atom. The molecular formula is C10H9NO2. The van der Waals surface area contributed by atoms with Gasteiger partial charge in [-0.25, -0.2) is 0 Å². The summed E-state index contributed by atoms with van der Waals surface area (Å²) in [6, 6.07) is 8.44. The van der Waals surface area contributed by atoms with E-state index in [1.54, 1.807) is 31.2 Å². The van der Waals surface area contributed by atoms with Crippen LogP contribution in [0.5, 0.6) is 5.75 Å². The molecule has 0 aliphatic heterocycles. The van der Waals surface area contributed by atoms with Crippen LogP contribution in [0.15, 0.2) is 30.3 Å². The predicted octanol–water partition coefficient (Wildman–Crippen LogP) is 1.49. The van der Waals surface area contributed by atoms with Crippen LogP contribution in [0.2, 0.25) is 0 Å². The predicted molar refractivity (Wildman–Crippen MR) is 49.3 cm³/mol. The first-order valence-electron chi connectivity index (χ1n) is 4.01. The van der Waals surface area contributed by atoms with E-state index in [-0.39, 0.29) is 5.75 Å². The number of hydrogen-bond acceptors (Lipinski definition) is 2. The van der Waals surface area contributed by atoms with Gasteiger partial charge in [-0.3, -0.25) is 0 Å². The van der Waals surface area contributed by atoms with Gasteiger partial charge in [0.2, 0.25) is 5.52 Å². The standard InChI is InChI=1S/C10H9NO2/c1-7-6-10(12)8-4-2-3-5-9(8)11(7)13/h2-6,12H,1H3. The summed E-state index contributed by atoms with van der Waals surface area (Å²) in [7, 11) is 0. The van der Waals surface area contributed by atoms with Gasteiger partial charge in [0.15, 0.2) is 5.69 Å². The molecule has 0 bridgehead atoms. The molecule has 1 N–H and O–H groups in total. The Morgan fingerprint density at radius 2 is 2.00 bits per heavy atom. The Balaban J connectivity index is 2.97. The molecule has 66 valence electrons. The maximum absolute atomic E-state index is 11.5. The largest absolute Gasteiger partial charge is 0.618 e. The van der Waals surface area contributed by atoms with E-state index in [1.807, 2.05) is 0 Å². The van der Waals surface area contributed by atoms with Crippen LogP contribution >= 0.6 is 0 Å². The number of nitrogens with zero attached hydrogens (tertiary/aromatic N) is 1. The Morgan fingerprint density at radius 1 is 1.31 bits per heavy atom. The summed E-state index contributed by atoms with van der Waals surface area (Å²) in [6.45, 7) is 1.67. The van der Waals surface area contributed by atoms with Crippen LogP contribution in [0, 0.1) is 12.1 Å². The number of pyridine rings is 1. The summed E-state index contributed by atoms with van der Waals surface area (Å²) in [5, 5.41) is 21.6. The van der Waals surface area contributed by atoms with Gasteiger partial charge in [0.1, 0.15) is 5.75 Å². The van der Waals surface area contributed by atoms with Crippen LogP contribution in [-0.2, 0) is 0 Å². The average molecular weight is 175 g/mol. The molecule has 0 saturated heterocycles. The van der Waals surface area contributed by atoms with E-state index in [4.69, 9.17) is 0 Å². The molecule has 0 aliphatic carbocycles. The van der Waals surface area contributed by atoms with Gasteiger partial charge in [-0.2, -0.15) is 4.73 Å². The molecule has 2 aromatic rings. The number of aromatic hydroxyl groups is 1. The normalized spacial score (nSPS) is 10.5. The molecule has 1 heterocycles. The molecule has 0 unspecified atom stereocenters. The lowest BCUT2D eigenvalue weighted by Crippen LogP contribution is -2.30. The minimum absolute atomic E-state index is 0.153. The van der Waals surface area contributed by atoms with Crippen molar-refractivity contribution >= 4 is 10.9 Å². The summed E-state index contributed by atoms with van der Waals surface area (Å²) < 4.78 is 0.815. The molecule has 13 heavy (non-hydrogen) atoms. The highest BCUT2D eigenvalue weighted by Crippen LogP contribution is 2.21. The van der Waals surface area contributed by atoms with Crippen molar-refractivity contribution in [3.8, 4) is 5.75 Å².